The van der Waals surface area contributed by atoms with Gasteiger partial charge in [0.15, 0.2) is 17.1 Å². The van der Waals surface area contributed by atoms with Gasteiger partial charge in [-0.1, -0.05) is 29.4 Å². The summed E-state index contributed by atoms with van der Waals surface area (Å²) in [6, 6.07) is 5.38. The fraction of sp³-hybridized carbons (Fsp3) is 0.292. The van der Waals surface area contributed by atoms with Crippen LogP contribution in [0.5, 0.6) is 5.75 Å². The Balaban J connectivity index is 1.74. The van der Waals surface area contributed by atoms with E-state index in [9.17, 15) is 14.4 Å². The first-order valence-corrected chi connectivity index (χ1v) is 13.2. The number of carbonyl (C=O) groups excluding carboxylic acids is 3. The summed E-state index contributed by atoms with van der Waals surface area (Å²) in [7, 11) is 1.22. The molecule has 10 nitrogen and oxygen atoms in total. The highest BCUT2D eigenvalue weighted by Gasteiger charge is 2.26. The number of esters is 1. The number of carbonyl (C=O) groups is 3. The number of benzene rings is 1. The van der Waals surface area contributed by atoms with Crippen molar-refractivity contribution in [3.8, 4) is 5.75 Å². The average molecular weight is 564 g/mol. The van der Waals surface area contributed by atoms with Crippen LogP contribution in [0.25, 0.3) is 0 Å². The van der Waals surface area contributed by atoms with Crippen LogP contribution in [0, 0.1) is 13.8 Å². The fourth-order valence-electron chi connectivity index (χ4n) is 3.43. The van der Waals surface area contributed by atoms with E-state index in [2.05, 4.69) is 22.1 Å². The largest absolute Gasteiger partial charge is 0.483 e. The molecule has 0 aliphatic carbocycles. The number of hydrogen-bond acceptors (Lipinski definition) is 9. The highest BCUT2D eigenvalue weighted by Crippen LogP contribution is 2.34. The minimum absolute atomic E-state index is 0.0373. The number of thiophene rings is 1. The van der Waals surface area contributed by atoms with Gasteiger partial charge in [-0.25, -0.2) is 4.79 Å². The van der Waals surface area contributed by atoms with Gasteiger partial charge in [-0.3, -0.25) is 14.2 Å². The predicted molar refractivity (Wildman–Crippen MR) is 144 cm³/mol. The van der Waals surface area contributed by atoms with Crippen molar-refractivity contribution in [3.63, 3.8) is 0 Å². The number of primary amides is 1. The Hall–Kier alpha value is -3.35. The molecule has 0 fully saturated rings. The van der Waals surface area contributed by atoms with Gasteiger partial charge in [-0.15, -0.1) is 28.1 Å². The first-order chi connectivity index (χ1) is 17.6. The number of nitrogens with zero attached hydrogens (tertiary/aromatic N) is 3. The standard InChI is InChI=1S/C24H26ClN5O5S2/c1-6-9-30-21(14(4)35-15-7-8-16(25)12(2)10-15)28-29-24(30)36-11-17(31)27-22-18(23(33)34-5)13(3)19(37-22)20(26)32/h6-8,10,14H,1,9,11H2,2-5H3,(H2,26,32)(H,27,31). The van der Waals surface area contributed by atoms with Crippen LogP contribution in [0.1, 0.15) is 50.0 Å². The number of aromatic nitrogens is 3. The molecule has 1 unspecified atom stereocenters. The summed E-state index contributed by atoms with van der Waals surface area (Å²) in [6.45, 7) is 9.50. The molecule has 0 aliphatic heterocycles. The number of halogens is 1. The van der Waals surface area contributed by atoms with Crippen LogP contribution in [-0.2, 0) is 16.1 Å². The van der Waals surface area contributed by atoms with Gasteiger partial charge >= 0.3 is 5.97 Å². The van der Waals surface area contributed by atoms with E-state index in [1.54, 1.807) is 29.7 Å². The number of amides is 2. The maximum Gasteiger partial charge on any atom is 0.341 e. The SMILES string of the molecule is C=CCn1c(SCC(=O)Nc2sc(C(N)=O)c(C)c2C(=O)OC)nnc1C(C)Oc1ccc(Cl)c(C)c1. The molecule has 3 N–H and O–H groups in total. The third kappa shape index (κ3) is 6.51. The third-order valence-electron chi connectivity index (χ3n) is 5.21. The quantitative estimate of drug-likeness (QED) is 0.197. The number of anilines is 1. The lowest BCUT2D eigenvalue weighted by Gasteiger charge is -2.16. The summed E-state index contributed by atoms with van der Waals surface area (Å²) < 4.78 is 12.6. The Morgan fingerprint density at radius 3 is 2.68 bits per heavy atom. The number of methoxy groups -OCH3 is 1. The molecule has 3 aromatic rings. The van der Waals surface area contributed by atoms with E-state index >= 15 is 0 Å². The van der Waals surface area contributed by atoms with Gasteiger partial charge < -0.3 is 20.5 Å². The van der Waals surface area contributed by atoms with E-state index in [1.807, 2.05) is 19.9 Å². The van der Waals surface area contributed by atoms with Crippen molar-refractivity contribution in [2.24, 2.45) is 5.73 Å². The molecule has 196 valence electrons. The molecular weight excluding hydrogens is 538 g/mol. The number of nitrogens with one attached hydrogen (secondary N) is 1. The summed E-state index contributed by atoms with van der Waals surface area (Å²) in [4.78, 5) is 36.9. The molecule has 0 bridgehead atoms. The lowest BCUT2D eigenvalue weighted by molar-refractivity contribution is -0.113. The molecule has 0 radical (unpaired) electrons. The number of hydrogen-bond donors (Lipinski definition) is 2. The monoisotopic (exact) mass is 563 g/mol. The zero-order chi connectivity index (χ0) is 27.3. The molecular formula is C24H26ClN5O5S2. The molecule has 1 atom stereocenters. The van der Waals surface area contributed by atoms with Crippen molar-refractivity contribution in [1.82, 2.24) is 14.8 Å². The molecule has 3 rings (SSSR count). The first kappa shape index (κ1) is 28.2. The van der Waals surface area contributed by atoms with Crippen LogP contribution in [-0.4, -0.2) is 45.4 Å². The van der Waals surface area contributed by atoms with Gasteiger partial charge in [0.05, 0.1) is 23.3 Å². The summed E-state index contributed by atoms with van der Waals surface area (Å²) in [5.41, 5.74) is 6.74. The van der Waals surface area contributed by atoms with E-state index in [1.165, 1.54) is 7.11 Å². The van der Waals surface area contributed by atoms with E-state index in [0.717, 1.165) is 28.7 Å². The fourth-order valence-corrected chi connectivity index (χ4v) is 5.37. The summed E-state index contributed by atoms with van der Waals surface area (Å²) in [5.74, 6) is -0.627. The van der Waals surface area contributed by atoms with E-state index in [-0.39, 0.29) is 21.2 Å². The molecule has 0 saturated heterocycles. The second-order valence-electron chi connectivity index (χ2n) is 7.86. The van der Waals surface area contributed by atoms with Gasteiger partial charge in [0.1, 0.15) is 10.8 Å². The normalized spacial score (nSPS) is 11.6. The average Bonchev–Trinajstić information content (AvgIpc) is 3.40. The number of thioether (sulfide) groups is 1. The zero-order valence-corrected chi connectivity index (χ0v) is 23.1. The topological polar surface area (TPSA) is 138 Å². The first-order valence-electron chi connectivity index (χ1n) is 11.0. The molecule has 2 aromatic heterocycles. The highest BCUT2D eigenvalue weighted by atomic mass is 35.5. The molecule has 0 saturated carbocycles. The second-order valence-corrected chi connectivity index (χ2v) is 10.2. The van der Waals surface area contributed by atoms with Crippen LogP contribution in [0.15, 0.2) is 36.0 Å². The van der Waals surface area contributed by atoms with Crippen LogP contribution in [0.3, 0.4) is 0 Å². The predicted octanol–water partition coefficient (Wildman–Crippen LogP) is 4.55. The van der Waals surface area contributed by atoms with Crippen molar-refractivity contribution < 1.29 is 23.9 Å². The van der Waals surface area contributed by atoms with Crippen molar-refractivity contribution in [2.45, 2.75) is 38.6 Å². The second kappa shape index (κ2) is 12.3. The maximum absolute atomic E-state index is 12.7. The van der Waals surface area contributed by atoms with Crippen molar-refractivity contribution >= 4 is 57.5 Å². The van der Waals surface area contributed by atoms with Crippen LogP contribution in [0.2, 0.25) is 5.02 Å². The number of allylic oxidation sites excluding steroid dienone is 1. The van der Waals surface area contributed by atoms with Gasteiger partial charge in [0, 0.05) is 11.6 Å². The van der Waals surface area contributed by atoms with Crippen LogP contribution in [0.4, 0.5) is 5.00 Å². The number of aryl methyl sites for hydroxylation is 1. The molecule has 13 heteroatoms. The van der Waals surface area contributed by atoms with Gasteiger partial charge in [0.25, 0.3) is 5.91 Å². The Morgan fingerprint density at radius 1 is 1.32 bits per heavy atom. The van der Waals surface area contributed by atoms with Crippen LogP contribution < -0.4 is 15.8 Å². The minimum atomic E-state index is -0.697. The maximum atomic E-state index is 12.7. The van der Waals surface area contributed by atoms with Crippen LogP contribution >= 0.6 is 34.7 Å². The lowest BCUT2D eigenvalue weighted by Crippen LogP contribution is -2.17. The van der Waals surface area contributed by atoms with E-state index < -0.39 is 23.9 Å². The van der Waals surface area contributed by atoms with Crippen molar-refractivity contribution in [1.29, 1.82) is 0 Å². The smallest absolute Gasteiger partial charge is 0.341 e. The van der Waals surface area contributed by atoms with Gasteiger partial charge in [0.2, 0.25) is 5.91 Å². The van der Waals surface area contributed by atoms with Gasteiger partial charge in [-0.05, 0) is 50.1 Å². The molecule has 1 aromatic carbocycles. The number of ether oxygens (including phenoxy) is 2. The van der Waals surface area contributed by atoms with Gasteiger partial charge in [-0.2, -0.15) is 0 Å². The summed E-state index contributed by atoms with van der Waals surface area (Å²) >= 11 is 8.17. The Labute approximate surface area is 227 Å². The Kier molecular flexibility index (Phi) is 9.35. The van der Waals surface area contributed by atoms with E-state index in [4.69, 9.17) is 26.8 Å². The molecule has 0 spiro atoms. The highest BCUT2D eigenvalue weighted by molar-refractivity contribution is 7.99. The zero-order valence-electron chi connectivity index (χ0n) is 20.7. The van der Waals surface area contributed by atoms with E-state index in [0.29, 0.717) is 33.9 Å². The summed E-state index contributed by atoms with van der Waals surface area (Å²) in [6.07, 6.45) is 1.25. The lowest BCUT2D eigenvalue weighted by atomic mass is 10.1. The van der Waals surface area contributed by atoms with Crippen molar-refractivity contribution in [3.05, 3.63) is 63.3 Å². The Bertz CT molecular complexity index is 1350. The molecule has 37 heavy (non-hydrogen) atoms. The molecule has 2 heterocycles. The van der Waals surface area contributed by atoms with Crippen molar-refractivity contribution in [2.75, 3.05) is 18.2 Å². The third-order valence-corrected chi connectivity index (χ3v) is 7.82. The number of rotatable bonds is 11. The molecule has 0 aliphatic rings. The summed E-state index contributed by atoms with van der Waals surface area (Å²) in [5, 5.41) is 12.5. The number of nitrogens with two attached hydrogens (primary N) is 1. The minimum Gasteiger partial charge on any atom is -0.483 e. The Morgan fingerprint density at radius 2 is 2.05 bits per heavy atom. The molecule has 2 amide bonds.